The van der Waals surface area contributed by atoms with Crippen LogP contribution < -0.4 is 10.6 Å². The fourth-order valence-corrected chi connectivity index (χ4v) is 2.68. The second kappa shape index (κ2) is 6.56. The summed E-state index contributed by atoms with van der Waals surface area (Å²) in [7, 11) is 1.86. The minimum atomic E-state index is -0.320. The third-order valence-corrected chi connectivity index (χ3v) is 3.96. The molecular weight excluding hydrogens is 323 g/mol. The summed E-state index contributed by atoms with van der Waals surface area (Å²) in [6.45, 7) is 0.789. The maximum Gasteiger partial charge on any atom is 0.161 e. The van der Waals surface area contributed by atoms with E-state index in [4.69, 9.17) is 18.0 Å². The topological polar surface area (TPSA) is 29.3 Å². The molecule has 1 aromatic carbocycles. The third-order valence-electron chi connectivity index (χ3n) is 2.37. The smallest absolute Gasteiger partial charge is 0.161 e. The lowest BCUT2D eigenvalue weighted by Gasteiger charge is -2.20. The molecule has 0 bridgehead atoms. The van der Waals surface area contributed by atoms with Crippen molar-refractivity contribution in [2.45, 2.75) is 0 Å². The second-order valence-electron chi connectivity index (χ2n) is 3.54. The molecule has 0 aliphatic carbocycles. The van der Waals surface area contributed by atoms with Crippen LogP contribution in [0.5, 0.6) is 0 Å². The lowest BCUT2D eigenvalue weighted by Crippen LogP contribution is -2.22. The van der Waals surface area contributed by atoms with Crippen LogP contribution >= 0.6 is 39.9 Å². The molecule has 0 amide bonds. The first-order valence-corrected chi connectivity index (χ1v) is 7.56. The number of anilines is 1. The predicted octanol–water partition coefficient (Wildman–Crippen LogP) is 3.02. The van der Waals surface area contributed by atoms with Crippen molar-refractivity contribution in [2.75, 3.05) is 30.5 Å². The van der Waals surface area contributed by atoms with Gasteiger partial charge in [0.25, 0.3) is 0 Å². The molecule has 17 heavy (non-hydrogen) atoms. The van der Waals surface area contributed by atoms with Gasteiger partial charge in [-0.3, -0.25) is 0 Å². The molecule has 0 saturated carbocycles. The van der Waals surface area contributed by atoms with Gasteiger partial charge in [-0.25, -0.2) is 4.39 Å². The van der Waals surface area contributed by atoms with E-state index in [2.05, 4.69) is 15.9 Å². The molecule has 1 aromatic rings. The molecule has 0 radical (unpaired) electrons. The van der Waals surface area contributed by atoms with Gasteiger partial charge in [0.2, 0.25) is 0 Å². The summed E-state index contributed by atoms with van der Waals surface area (Å²) in [4.78, 5) is 2.06. The normalized spacial score (nSPS) is 10.4. The SMILES string of the molecule is CSCCN(C)c1ccc(C(N)=S)c(Br)c1F. The first-order chi connectivity index (χ1) is 7.99. The van der Waals surface area contributed by atoms with E-state index in [1.807, 2.05) is 18.2 Å². The number of halogens is 2. The van der Waals surface area contributed by atoms with E-state index in [0.717, 1.165) is 12.3 Å². The van der Waals surface area contributed by atoms with Crippen molar-refractivity contribution in [2.24, 2.45) is 5.73 Å². The van der Waals surface area contributed by atoms with Crippen molar-refractivity contribution in [1.29, 1.82) is 0 Å². The number of nitrogens with two attached hydrogens (primary N) is 1. The minimum Gasteiger partial charge on any atom is -0.389 e. The largest absolute Gasteiger partial charge is 0.389 e. The van der Waals surface area contributed by atoms with Crippen molar-refractivity contribution in [3.63, 3.8) is 0 Å². The zero-order chi connectivity index (χ0) is 13.0. The number of nitrogens with zero attached hydrogens (tertiary/aromatic N) is 1. The van der Waals surface area contributed by atoms with Crippen molar-refractivity contribution < 1.29 is 4.39 Å². The number of thioether (sulfide) groups is 1. The Bertz CT molecular complexity index is 426. The van der Waals surface area contributed by atoms with Crippen molar-refractivity contribution in [3.8, 4) is 0 Å². The van der Waals surface area contributed by atoms with Gasteiger partial charge >= 0.3 is 0 Å². The lowest BCUT2D eigenvalue weighted by atomic mass is 10.2. The molecule has 0 heterocycles. The fourth-order valence-electron chi connectivity index (χ4n) is 1.37. The molecule has 0 unspecified atom stereocenters. The molecule has 2 nitrogen and oxygen atoms in total. The van der Waals surface area contributed by atoms with Crippen LogP contribution in [0.15, 0.2) is 16.6 Å². The van der Waals surface area contributed by atoms with E-state index in [1.54, 1.807) is 23.9 Å². The van der Waals surface area contributed by atoms with Gasteiger partial charge in [0.1, 0.15) is 4.99 Å². The Kier molecular flexibility index (Phi) is 5.69. The van der Waals surface area contributed by atoms with Crippen LogP contribution in [0.4, 0.5) is 10.1 Å². The van der Waals surface area contributed by atoms with Crippen LogP contribution in [-0.4, -0.2) is 30.6 Å². The average Bonchev–Trinajstić information content (AvgIpc) is 2.29. The Hall–Kier alpha value is -0.330. The maximum atomic E-state index is 14.1. The van der Waals surface area contributed by atoms with Crippen LogP contribution in [0.3, 0.4) is 0 Å². The van der Waals surface area contributed by atoms with Gasteiger partial charge in [0.15, 0.2) is 5.82 Å². The monoisotopic (exact) mass is 336 g/mol. The first kappa shape index (κ1) is 14.7. The molecule has 1 rings (SSSR count). The molecule has 0 aromatic heterocycles. The summed E-state index contributed by atoms with van der Waals surface area (Å²) < 4.78 is 14.4. The average molecular weight is 337 g/mol. The molecule has 6 heteroatoms. The van der Waals surface area contributed by atoms with Gasteiger partial charge in [0.05, 0.1) is 10.2 Å². The molecule has 0 fully saturated rings. The van der Waals surface area contributed by atoms with E-state index in [0.29, 0.717) is 15.7 Å². The molecular formula is C11H14BrFN2S2. The van der Waals surface area contributed by atoms with Crippen LogP contribution in [0, 0.1) is 5.82 Å². The number of hydrogen-bond donors (Lipinski definition) is 1. The van der Waals surface area contributed by atoms with E-state index >= 15 is 0 Å². The number of thiocarbonyl (C=S) groups is 1. The zero-order valence-corrected chi connectivity index (χ0v) is 12.9. The van der Waals surface area contributed by atoms with Crippen LogP contribution in [0.1, 0.15) is 5.56 Å². The lowest BCUT2D eigenvalue weighted by molar-refractivity contribution is 0.617. The molecule has 0 aliphatic rings. The highest BCUT2D eigenvalue weighted by molar-refractivity contribution is 9.10. The van der Waals surface area contributed by atoms with E-state index in [1.165, 1.54) is 0 Å². The van der Waals surface area contributed by atoms with Gasteiger partial charge in [-0.15, -0.1) is 0 Å². The number of hydrogen-bond acceptors (Lipinski definition) is 3. The molecule has 0 aliphatic heterocycles. The Balaban J connectivity index is 3.03. The highest BCUT2D eigenvalue weighted by Crippen LogP contribution is 2.29. The Morgan fingerprint density at radius 1 is 1.59 bits per heavy atom. The van der Waals surface area contributed by atoms with Gasteiger partial charge < -0.3 is 10.6 Å². The van der Waals surface area contributed by atoms with E-state index in [-0.39, 0.29) is 10.8 Å². The number of benzene rings is 1. The fraction of sp³-hybridized carbons (Fsp3) is 0.364. The van der Waals surface area contributed by atoms with Crippen molar-refractivity contribution in [3.05, 3.63) is 28.0 Å². The van der Waals surface area contributed by atoms with Crippen LogP contribution in [0.25, 0.3) is 0 Å². The molecule has 2 N–H and O–H groups in total. The standard InChI is InChI=1S/C11H14BrFN2S2/c1-15(5-6-17-2)8-4-3-7(11(14)16)9(12)10(8)13/h3-4H,5-6H2,1-2H3,(H2,14,16). The minimum absolute atomic E-state index is 0.189. The molecule has 94 valence electrons. The third kappa shape index (κ3) is 3.56. The number of rotatable bonds is 5. The molecule has 0 saturated heterocycles. The summed E-state index contributed by atoms with van der Waals surface area (Å²) in [5.74, 6) is 0.629. The zero-order valence-electron chi connectivity index (χ0n) is 9.67. The van der Waals surface area contributed by atoms with Crippen molar-refractivity contribution >= 4 is 50.6 Å². The molecule has 0 spiro atoms. The van der Waals surface area contributed by atoms with Gasteiger partial charge in [-0.2, -0.15) is 11.8 Å². The van der Waals surface area contributed by atoms with Gasteiger partial charge in [-0.05, 0) is 34.3 Å². The summed E-state index contributed by atoms with van der Waals surface area (Å²) in [6.07, 6.45) is 2.02. The maximum absolute atomic E-state index is 14.1. The summed E-state index contributed by atoms with van der Waals surface area (Å²) in [6, 6.07) is 3.44. The van der Waals surface area contributed by atoms with E-state index in [9.17, 15) is 4.39 Å². The van der Waals surface area contributed by atoms with Crippen LogP contribution in [-0.2, 0) is 0 Å². The van der Waals surface area contributed by atoms with Crippen LogP contribution in [0.2, 0.25) is 0 Å². The second-order valence-corrected chi connectivity index (χ2v) is 5.76. The predicted molar refractivity (Wildman–Crippen MR) is 81.6 cm³/mol. The Labute approximate surface area is 119 Å². The highest BCUT2D eigenvalue weighted by atomic mass is 79.9. The first-order valence-electron chi connectivity index (χ1n) is 4.97. The molecule has 0 atom stereocenters. The van der Waals surface area contributed by atoms with Crippen molar-refractivity contribution in [1.82, 2.24) is 0 Å². The van der Waals surface area contributed by atoms with Gasteiger partial charge in [-0.1, -0.05) is 12.2 Å². The highest BCUT2D eigenvalue weighted by Gasteiger charge is 2.15. The van der Waals surface area contributed by atoms with Gasteiger partial charge in [0, 0.05) is 24.9 Å². The summed E-state index contributed by atoms with van der Waals surface area (Å²) >= 11 is 9.77. The Morgan fingerprint density at radius 3 is 2.76 bits per heavy atom. The Morgan fingerprint density at radius 2 is 2.24 bits per heavy atom. The summed E-state index contributed by atoms with van der Waals surface area (Å²) in [5.41, 5.74) is 6.58. The van der Waals surface area contributed by atoms with E-state index < -0.39 is 0 Å². The summed E-state index contributed by atoms with van der Waals surface area (Å²) in [5, 5.41) is 0. The quantitative estimate of drug-likeness (QED) is 0.837.